The van der Waals surface area contributed by atoms with Crippen molar-refractivity contribution in [3.63, 3.8) is 0 Å². The van der Waals surface area contributed by atoms with Gasteiger partial charge in [0.25, 0.3) is 5.56 Å². The van der Waals surface area contributed by atoms with Crippen molar-refractivity contribution in [2.75, 3.05) is 19.0 Å². The van der Waals surface area contributed by atoms with Gasteiger partial charge in [0.1, 0.15) is 11.0 Å². The largest absolute Gasteiger partial charge is 0.468 e. The number of carbonyl (C=O) groups excluding carboxylic acids is 1. The van der Waals surface area contributed by atoms with E-state index in [9.17, 15) is 14.7 Å². The molecule has 0 saturated carbocycles. The molecule has 0 spiro atoms. The summed E-state index contributed by atoms with van der Waals surface area (Å²) < 4.78 is 5.73. The van der Waals surface area contributed by atoms with Gasteiger partial charge in [0.2, 0.25) is 0 Å². The average Bonchev–Trinajstić information content (AvgIpc) is 2.42. The minimum Gasteiger partial charge on any atom is -0.468 e. The lowest BCUT2D eigenvalue weighted by atomic mass is 10.3. The van der Waals surface area contributed by atoms with Gasteiger partial charge in [-0.1, -0.05) is 6.92 Å². The molecule has 1 aromatic rings. The summed E-state index contributed by atoms with van der Waals surface area (Å²) in [5.41, 5.74) is 0.0278. The van der Waals surface area contributed by atoms with Gasteiger partial charge in [0, 0.05) is 6.54 Å². The van der Waals surface area contributed by atoms with Crippen LogP contribution in [0, 0.1) is 0 Å². The molecule has 1 atom stereocenters. The van der Waals surface area contributed by atoms with Gasteiger partial charge in [0.05, 0.1) is 25.1 Å². The minimum absolute atomic E-state index is 0.244. The number of anilines is 1. The first-order chi connectivity index (χ1) is 8.99. The molecule has 1 heterocycles. The van der Waals surface area contributed by atoms with Crippen molar-refractivity contribution in [3.05, 3.63) is 21.0 Å². The number of ether oxygens (including phenoxy) is 1. The maximum absolute atomic E-state index is 11.9. The van der Waals surface area contributed by atoms with E-state index in [1.807, 2.05) is 6.92 Å². The van der Waals surface area contributed by atoms with Gasteiger partial charge in [-0.3, -0.25) is 9.59 Å². The third-order valence-electron chi connectivity index (χ3n) is 2.49. The number of carbonyl (C=O) groups is 1. The number of nitrogens with zero attached hydrogens (tertiary/aromatic N) is 2. The highest BCUT2D eigenvalue weighted by atomic mass is 79.9. The summed E-state index contributed by atoms with van der Waals surface area (Å²) in [6, 6.07) is 0. The number of hydrogen-bond donors (Lipinski definition) is 2. The molecule has 0 fully saturated rings. The molecule has 0 aliphatic carbocycles. The predicted octanol–water partition coefficient (Wildman–Crippen LogP) is 0.362. The zero-order chi connectivity index (χ0) is 14.4. The van der Waals surface area contributed by atoms with Crippen molar-refractivity contribution in [2.45, 2.75) is 26.0 Å². The van der Waals surface area contributed by atoms with Crippen molar-refractivity contribution >= 4 is 27.6 Å². The number of nitrogens with one attached hydrogen (secondary N) is 1. The Morgan fingerprint density at radius 1 is 1.68 bits per heavy atom. The number of aliphatic hydroxyl groups is 1. The second-order valence-corrected chi connectivity index (χ2v) is 4.65. The van der Waals surface area contributed by atoms with E-state index in [0.717, 1.165) is 4.68 Å². The first-order valence-corrected chi connectivity index (χ1v) is 6.53. The van der Waals surface area contributed by atoms with E-state index < -0.39 is 17.6 Å². The van der Waals surface area contributed by atoms with E-state index in [1.165, 1.54) is 13.3 Å². The normalized spacial score (nSPS) is 12.0. The summed E-state index contributed by atoms with van der Waals surface area (Å²) in [5.74, 6) is -0.552. The van der Waals surface area contributed by atoms with Crippen LogP contribution in [0.2, 0.25) is 0 Å². The average molecular weight is 334 g/mol. The van der Waals surface area contributed by atoms with E-state index in [4.69, 9.17) is 0 Å². The van der Waals surface area contributed by atoms with Gasteiger partial charge in [-0.2, -0.15) is 5.10 Å². The first-order valence-electron chi connectivity index (χ1n) is 5.74. The van der Waals surface area contributed by atoms with E-state index in [-0.39, 0.29) is 11.0 Å². The van der Waals surface area contributed by atoms with Crippen LogP contribution in [0.1, 0.15) is 13.3 Å². The Hall–Kier alpha value is -1.41. The van der Waals surface area contributed by atoms with Crippen LogP contribution in [0.25, 0.3) is 0 Å². The topological polar surface area (TPSA) is 93.5 Å². The van der Waals surface area contributed by atoms with Gasteiger partial charge in [0.15, 0.2) is 0 Å². The number of halogens is 1. The fourth-order valence-corrected chi connectivity index (χ4v) is 1.71. The number of hydrogen-bond acceptors (Lipinski definition) is 6. The third-order valence-corrected chi connectivity index (χ3v) is 3.26. The summed E-state index contributed by atoms with van der Waals surface area (Å²) in [4.78, 5) is 23.0. The van der Waals surface area contributed by atoms with Crippen LogP contribution in [0.5, 0.6) is 0 Å². The molecule has 0 aliphatic rings. The summed E-state index contributed by atoms with van der Waals surface area (Å²) in [5, 5.41) is 16.2. The van der Waals surface area contributed by atoms with Crippen LogP contribution in [0.4, 0.5) is 5.69 Å². The van der Waals surface area contributed by atoms with Gasteiger partial charge >= 0.3 is 5.97 Å². The molecule has 0 aliphatic heterocycles. The lowest BCUT2D eigenvalue weighted by Gasteiger charge is -2.12. The Labute approximate surface area is 118 Å². The molecular weight excluding hydrogens is 318 g/mol. The Balaban J connectivity index is 2.85. The number of rotatable bonds is 6. The summed E-state index contributed by atoms with van der Waals surface area (Å²) in [6.07, 6.45) is 1.53. The molecule has 0 aromatic carbocycles. The van der Waals surface area contributed by atoms with Crippen LogP contribution < -0.4 is 10.9 Å². The smallest absolute Gasteiger partial charge is 0.327 e. The fourth-order valence-electron chi connectivity index (χ4n) is 1.26. The van der Waals surface area contributed by atoms with Crippen LogP contribution >= 0.6 is 15.9 Å². The van der Waals surface area contributed by atoms with Gasteiger partial charge in [-0.25, -0.2) is 4.68 Å². The van der Waals surface area contributed by atoms with Gasteiger partial charge in [-0.05, 0) is 22.4 Å². The van der Waals surface area contributed by atoms with Crippen LogP contribution in [-0.2, 0) is 16.1 Å². The zero-order valence-electron chi connectivity index (χ0n) is 10.7. The van der Waals surface area contributed by atoms with Crippen molar-refractivity contribution in [1.29, 1.82) is 0 Å². The molecule has 19 heavy (non-hydrogen) atoms. The molecule has 1 unspecified atom stereocenters. The standard InChI is InChI=1S/C11H16BrN3O4/c1-3-7(16)4-13-8-5-14-15(6-9(17)19-2)11(18)10(8)12/h5,7,13,16H,3-4,6H2,1-2H3. The Morgan fingerprint density at radius 2 is 2.37 bits per heavy atom. The van der Waals surface area contributed by atoms with Gasteiger partial charge < -0.3 is 15.2 Å². The minimum atomic E-state index is -0.552. The van der Waals surface area contributed by atoms with E-state index >= 15 is 0 Å². The molecule has 1 rings (SSSR count). The zero-order valence-corrected chi connectivity index (χ0v) is 12.3. The maximum atomic E-state index is 11.9. The van der Waals surface area contributed by atoms with E-state index in [0.29, 0.717) is 18.7 Å². The monoisotopic (exact) mass is 333 g/mol. The van der Waals surface area contributed by atoms with Crippen molar-refractivity contribution in [2.24, 2.45) is 0 Å². The SMILES string of the molecule is CCC(O)CNc1cnn(CC(=O)OC)c(=O)c1Br. The van der Waals surface area contributed by atoms with E-state index in [2.05, 4.69) is 31.1 Å². The van der Waals surface area contributed by atoms with Crippen LogP contribution in [0.15, 0.2) is 15.5 Å². The summed E-state index contributed by atoms with van der Waals surface area (Å²) in [6.45, 7) is 1.93. The Morgan fingerprint density at radius 3 is 2.95 bits per heavy atom. The van der Waals surface area contributed by atoms with Crippen molar-refractivity contribution in [1.82, 2.24) is 9.78 Å². The first kappa shape index (κ1) is 15.6. The summed E-state index contributed by atoms with van der Waals surface area (Å²) >= 11 is 3.15. The highest BCUT2D eigenvalue weighted by Gasteiger charge is 2.12. The van der Waals surface area contributed by atoms with Crippen molar-refractivity contribution < 1.29 is 14.6 Å². The number of methoxy groups -OCH3 is 1. The lowest BCUT2D eigenvalue weighted by Crippen LogP contribution is -2.29. The van der Waals surface area contributed by atoms with Crippen LogP contribution in [0.3, 0.4) is 0 Å². The van der Waals surface area contributed by atoms with E-state index in [1.54, 1.807) is 0 Å². The molecule has 7 nitrogen and oxygen atoms in total. The second-order valence-electron chi connectivity index (χ2n) is 3.85. The molecule has 0 saturated heterocycles. The predicted molar refractivity (Wildman–Crippen MR) is 73.0 cm³/mol. The fraction of sp³-hybridized carbons (Fsp3) is 0.545. The summed E-state index contributed by atoms with van der Waals surface area (Å²) in [7, 11) is 1.24. The molecule has 106 valence electrons. The van der Waals surface area contributed by atoms with Gasteiger partial charge in [-0.15, -0.1) is 0 Å². The number of esters is 1. The quantitative estimate of drug-likeness (QED) is 0.730. The van der Waals surface area contributed by atoms with Crippen LogP contribution in [-0.4, -0.2) is 40.6 Å². The highest BCUT2D eigenvalue weighted by molar-refractivity contribution is 9.10. The number of aromatic nitrogens is 2. The number of aliphatic hydroxyl groups excluding tert-OH is 1. The molecule has 8 heteroatoms. The second kappa shape index (κ2) is 7.25. The third kappa shape index (κ3) is 4.32. The molecular formula is C11H16BrN3O4. The molecule has 0 radical (unpaired) electrons. The Bertz CT molecular complexity index is 503. The van der Waals surface area contributed by atoms with Crippen molar-refractivity contribution in [3.8, 4) is 0 Å². The molecule has 0 amide bonds. The highest BCUT2D eigenvalue weighted by Crippen LogP contribution is 2.16. The molecule has 0 bridgehead atoms. The molecule has 2 N–H and O–H groups in total. The lowest BCUT2D eigenvalue weighted by molar-refractivity contribution is -0.141. The molecule has 1 aromatic heterocycles. The maximum Gasteiger partial charge on any atom is 0.327 e. The Kier molecular flexibility index (Phi) is 5.97.